The van der Waals surface area contributed by atoms with Gasteiger partial charge in [-0.25, -0.2) is 4.99 Å². The Balaban J connectivity index is 1.63. The summed E-state index contributed by atoms with van der Waals surface area (Å²) in [6.45, 7) is 0. The van der Waals surface area contributed by atoms with Crippen molar-refractivity contribution < 1.29 is 9.66 Å². The van der Waals surface area contributed by atoms with Crippen molar-refractivity contribution in [2.75, 3.05) is 7.11 Å². The molecular weight excluding hydrogens is 554 g/mol. The first kappa shape index (κ1) is 23.6. The summed E-state index contributed by atoms with van der Waals surface area (Å²) in [5.74, 6) is 0.684. The maximum absolute atomic E-state index is 13.9. The molecule has 0 radical (unpaired) electrons. The number of methoxy groups -OCH3 is 1. The second-order valence-electron chi connectivity index (χ2n) is 8.85. The van der Waals surface area contributed by atoms with Crippen LogP contribution in [0.5, 0.6) is 5.75 Å². The predicted molar refractivity (Wildman–Crippen MR) is 147 cm³/mol. The lowest BCUT2D eigenvalue weighted by Gasteiger charge is -2.30. The van der Waals surface area contributed by atoms with E-state index >= 15 is 0 Å². The highest BCUT2D eigenvalue weighted by Gasteiger charge is 2.33. The minimum atomic E-state index is -0.476. The van der Waals surface area contributed by atoms with Gasteiger partial charge in [0, 0.05) is 22.2 Å². The standard InChI is InChI=1S/C28H20BrN3O4S/c1-36-20-10-12-23(29)18(14-20)15-24-27(33)31-26(17-6-4-7-19(13-17)32(34)35)22-11-9-16-5-2-3-8-21(16)25(22)30-28(31)37-24/h2-8,10,12-15,26H,9,11H2,1H3. The van der Waals surface area contributed by atoms with Crippen molar-refractivity contribution in [3.05, 3.63) is 129 Å². The van der Waals surface area contributed by atoms with Gasteiger partial charge in [0.25, 0.3) is 11.2 Å². The van der Waals surface area contributed by atoms with E-state index in [1.54, 1.807) is 23.8 Å². The summed E-state index contributed by atoms with van der Waals surface area (Å²) < 4.78 is 8.41. The van der Waals surface area contributed by atoms with E-state index in [9.17, 15) is 14.9 Å². The third-order valence-corrected chi connectivity index (χ3v) is 8.46. The number of thiazole rings is 1. The predicted octanol–water partition coefficient (Wildman–Crippen LogP) is 5.00. The topological polar surface area (TPSA) is 86.7 Å². The van der Waals surface area contributed by atoms with Gasteiger partial charge < -0.3 is 4.74 Å². The van der Waals surface area contributed by atoms with Gasteiger partial charge in [-0.05, 0) is 59.4 Å². The molecule has 0 saturated heterocycles. The second-order valence-corrected chi connectivity index (χ2v) is 10.7. The van der Waals surface area contributed by atoms with Crippen LogP contribution >= 0.6 is 27.3 Å². The third kappa shape index (κ3) is 4.04. The molecule has 4 aromatic rings. The summed E-state index contributed by atoms with van der Waals surface area (Å²) in [7, 11) is 1.60. The molecule has 0 spiro atoms. The van der Waals surface area contributed by atoms with Crippen LogP contribution in [0.2, 0.25) is 0 Å². The van der Waals surface area contributed by atoms with Crippen LogP contribution in [0.25, 0.3) is 11.8 Å². The molecule has 9 heteroatoms. The molecule has 0 N–H and O–H groups in total. The van der Waals surface area contributed by atoms with Crippen LogP contribution in [0, 0.1) is 10.1 Å². The summed E-state index contributed by atoms with van der Waals surface area (Å²) >= 11 is 4.88. The molecule has 2 heterocycles. The number of nitro benzene ring substituents is 1. The molecule has 0 saturated carbocycles. The Morgan fingerprint density at radius 2 is 1.97 bits per heavy atom. The lowest BCUT2D eigenvalue weighted by atomic mass is 9.83. The van der Waals surface area contributed by atoms with Crippen LogP contribution in [0.1, 0.15) is 34.7 Å². The Labute approximate surface area is 224 Å². The number of aromatic nitrogens is 1. The van der Waals surface area contributed by atoms with Gasteiger partial charge in [-0.3, -0.25) is 19.5 Å². The minimum Gasteiger partial charge on any atom is -0.497 e. The zero-order chi connectivity index (χ0) is 25.7. The first-order valence-electron chi connectivity index (χ1n) is 11.7. The van der Waals surface area contributed by atoms with Crippen molar-refractivity contribution in [3.8, 4) is 5.75 Å². The number of nitrogens with zero attached hydrogens (tertiary/aromatic N) is 3. The number of aryl methyl sites for hydroxylation is 1. The molecule has 1 aliphatic carbocycles. The number of hydrogen-bond acceptors (Lipinski definition) is 6. The lowest BCUT2D eigenvalue weighted by Crippen LogP contribution is -2.38. The van der Waals surface area contributed by atoms with Crippen molar-refractivity contribution in [1.82, 2.24) is 4.57 Å². The average molecular weight is 574 g/mol. The molecule has 2 aliphatic rings. The molecule has 1 atom stereocenters. The fourth-order valence-corrected chi connectivity index (χ4v) is 6.38. The molecule has 0 fully saturated rings. The van der Waals surface area contributed by atoms with Gasteiger partial charge in [-0.15, -0.1) is 0 Å². The van der Waals surface area contributed by atoms with Crippen LogP contribution < -0.4 is 19.6 Å². The van der Waals surface area contributed by atoms with Crippen molar-refractivity contribution in [1.29, 1.82) is 0 Å². The van der Waals surface area contributed by atoms with E-state index in [0.717, 1.165) is 33.3 Å². The molecule has 6 rings (SSSR count). The molecule has 184 valence electrons. The minimum absolute atomic E-state index is 0.00435. The maximum atomic E-state index is 13.9. The van der Waals surface area contributed by atoms with Gasteiger partial charge in [-0.2, -0.15) is 0 Å². The van der Waals surface area contributed by atoms with E-state index < -0.39 is 11.0 Å². The number of fused-ring (bicyclic) bond motifs is 3. The Hall–Kier alpha value is -3.82. The van der Waals surface area contributed by atoms with E-state index in [1.165, 1.54) is 23.0 Å². The molecule has 3 aromatic carbocycles. The molecule has 1 aliphatic heterocycles. The van der Waals surface area contributed by atoms with Crippen LogP contribution in [0.15, 0.2) is 86.6 Å². The van der Waals surface area contributed by atoms with E-state index in [0.29, 0.717) is 27.1 Å². The normalized spacial score (nSPS) is 16.5. The van der Waals surface area contributed by atoms with E-state index in [1.807, 2.05) is 42.5 Å². The smallest absolute Gasteiger partial charge is 0.271 e. The number of halogens is 1. The largest absolute Gasteiger partial charge is 0.497 e. The second kappa shape index (κ2) is 9.24. The fraction of sp³-hybridized carbons (Fsp3) is 0.143. The summed E-state index contributed by atoms with van der Waals surface area (Å²) in [5, 5.41) is 11.6. The summed E-state index contributed by atoms with van der Waals surface area (Å²) in [4.78, 5) is 30.6. The Morgan fingerprint density at radius 1 is 1.14 bits per heavy atom. The molecule has 0 amide bonds. The van der Waals surface area contributed by atoms with Gasteiger partial charge in [0.05, 0.1) is 28.3 Å². The number of benzene rings is 3. The summed E-state index contributed by atoms with van der Waals surface area (Å²) in [6.07, 6.45) is 3.36. The molecule has 7 nitrogen and oxygen atoms in total. The van der Waals surface area contributed by atoms with Crippen molar-refractivity contribution >= 4 is 44.7 Å². The SMILES string of the molecule is COc1ccc(Br)c(C=c2sc3n(c2=O)C(c2cccc([N+](=O)[O-])c2)C2=C(N=3)c3ccccc3CC2)c1. The number of non-ortho nitro benzene ring substituents is 1. The third-order valence-electron chi connectivity index (χ3n) is 6.76. The van der Waals surface area contributed by atoms with E-state index in [4.69, 9.17) is 9.73 Å². The quantitative estimate of drug-likeness (QED) is 0.254. The summed E-state index contributed by atoms with van der Waals surface area (Å²) in [5.41, 5.74) is 5.44. The number of nitro groups is 1. The van der Waals surface area contributed by atoms with Crippen LogP contribution in [0.4, 0.5) is 5.69 Å². The maximum Gasteiger partial charge on any atom is 0.271 e. The van der Waals surface area contributed by atoms with Gasteiger partial charge in [0.15, 0.2) is 4.80 Å². The van der Waals surface area contributed by atoms with E-state index in [-0.39, 0.29) is 11.2 Å². The van der Waals surface area contributed by atoms with Crippen molar-refractivity contribution in [2.24, 2.45) is 4.99 Å². The Morgan fingerprint density at radius 3 is 2.78 bits per heavy atom. The van der Waals surface area contributed by atoms with Gasteiger partial charge in [0.1, 0.15) is 5.75 Å². The molecule has 1 aromatic heterocycles. The first-order valence-corrected chi connectivity index (χ1v) is 13.3. The summed E-state index contributed by atoms with van der Waals surface area (Å²) in [6, 6.07) is 19.8. The number of allylic oxidation sites excluding steroid dienone is 1. The van der Waals surface area contributed by atoms with Gasteiger partial charge in [0.2, 0.25) is 0 Å². The fourth-order valence-electron chi connectivity index (χ4n) is 5.03. The van der Waals surface area contributed by atoms with Gasteiger partial charge >= 0.3 is 0 Å². The number of hydrogen-bond donors (Lipinski definition) is 0. The Bertz CT molecular complexity index is 1800. The van der Waals surface area contributed by atoms with Crippen LogP contribution in [-0.2, 0) is 6.42 Å². The molecule has 1 unspecified atom stereocenters. The van der Waals surface area contributed by atoms with Crippen LogP contribution in [0.3, 0.4) is 0 Å². The van der Waals surface area contributed by atoms with Crippen molar-refractivity contribution in [2.45, 2.75) is 18.9 Å². The zero-order valence-electron chi connectivity index (χ0n) is 19.7. The van der Waals surface area contributed by atoms with Gasteiger partial charge in [-0.1, -0.05) is 63.7 Å². The first-order chi connectivity index (χ1) is 17.9. The van der Waals surface area contributed by atoms with E-state index in [2.05, 4.69) is 28.1 Å². The molecule has 37 heavy (non-hydrogen) atoms. The molecule has 0 bridgehead atoms. The number of ether oxygens (including phenoxy) is 1. The lowest BCUT2D eigenvalue weighted by molar-refractivity contribution is -0.384. The van der Waals surface area contributed by atoms with Crippen LogP contribution in [-0.4, -0.2) is 16.6 Å². The highest BCUT2D eigenvalue weighted by molar-refractivity contribution is 9.10. The Kier molecular flexibility index (Phi) is 5.89. The average Bonchev–Trinajstić information content (AvgIpc) is 3.23. The molecular formula is C28H20BrN3O4S. The highest BCUT2D eigenvalue weighted by Crippen LogP contribution is 2.41. The monoisotopic (exact) mass is 573 g/mol. The zero-order valence-corrected chi connectivity index (χ0v) is 22.1. The van der Waals surface area contributed by atoms with Crippen molar-refractivity contribution in [3.63, 3.8) is 0 Å². The highest BCUT2D eigenvalue weighted by atomic mass is 79.9. The number of rotatable bonds is 4.